The molecule has 1 saturated heterocycles. The Balaban J connectivity index is 1.75. The number of halogens is 4. The van der Waals surface area contributed by atoms with E-state index in [2.05, 4.69) is 15.1 Å². The second kappa shape index (κ2) is 12.6. The van der Waals surface area contributed by atoms with Crippen LogP contribution in [0.1, 0.15) is 46.8 Å². The Labute approximate surface area is 219 Å². The van der Waals surface area contributed by atoms with Gasteiger partial charge in [-0.3, -0.25) is 9.69 Å². The SMILES string of the molecule is CC[S+]([O-])c1ccc(Cl)cc1CNC(=O)c1ccc(CN2CCC[C@@H](CN(C)C)C2)c(C(F)(F)F)c1. The first-order chi connectivity index (χ1) is 17.0. The molecule has 0 saturated carbocycles. The van der Waals surface area contributed by atoms with Crippen LogP contribution in [-0.4, -0.2) is 59.7 Å². The Morgan fingerprint density at radius 1 is 1.22 bits per heavy atom. The van der Waals surface area contributed by atoms with Crippen molar-refractivity contribution in [3.63, 3.8) is 0 Å². The van der Waals surface area contributed by atoms with E-state index in [1.165, 1.54) is 12.1 Å². The summed E-state index contributed by atoms with van der Waals surface area (Å²) >= 11 is 4.79. The highest BCUT2D eigenvalue weighted by atomic mass is 35.5. The van der Waals surface area contributed by atoms with E-state index in [1.54, 1.807) is 25.1 Å². The minimum absolute atomic E-state index is 0.00457. The normalized spacial score (nSPS) is 17.9. The van der Waals surface area contributed by atoms with Crippen molar-refractivity contribution in [2.24, 2.45) is 5.92 Å². The molecule has 1 fully saturated rings. The Bertz CT molecular complexity index is 1050. The average Bonchev–Trinajstić information content (AvgIpc) is 2.81. The van der Waals surface area contributed by atoms with Gasteiger partial charge in [-0.05, 0) is 93.4 Å². The summed E-state index contributed by atoms with van der Waals surface area (Å²) in [5.74, 6) is 0.183. The van der Waals surface area contributed by atoms with Crippen LogP contribution in [0.25, 0.3) is 0 Å². The zero-order chi connectivity index (χ0) is 26.5. The zero-order valence-corrected chi connectivity index (χ0v) is 22.4. The highest BCUT2D eigenvalue weighted by Gasteiger charge is 2.35. The first kappa shape index (κ1) is 28.8. The number of hydrogen-bond acceptors (Lipinski definition) is 4. The summed E-state index contributed by atoms with van der Waals surface area (Å²) in [5, 5.41) is 3.07. The van der Waals surface area contributed by atoms with Crippen LogP contribution in [0.5, 0.6) is 0 Å². The fraction of sp³-hybridized carbons (Fsp3) is 0.500. The summed E-state index contributed by atoms with van der Waals surface area (Å²) < 4.78 is 54.2. The van der Waals surface area contributed by atoms with Crippen LogP contribution < -0.4 is 5.32 Å². The maximum Gasteiger partial charge on any atom is 0.416 e. The van der Waals surface area contributed by atoms with Crippen molar-refractivity contribution < 1.29 is 22.5 Å². The quantitative estimate of drug-likeness (QED) is 0.442. The van der Waals surface area contributed by atoms with E-state index in [9.17, 15) is 22.5 Å². The molecule has 3 rings (SSSR count). The van der Waals surface area contributed by atoms with Gasteiger partial charge in [0.25, 0.3) is 5.91 Å². The highest BCUT2D eigenvalue weighted by Crippen LogP contribution is 2.34. The van der Waals surface area contributed by atoms with Crippen LogP contribution in [0.2, 0.25) is 5.02 Å². The van der Waals surface area contributed by atoms with E-state index in [1.807, 2.05) is 14.1 Å². The predicted octanol–water partition coefficient (Wildman–Crippen LogP) is 5.19. The van der Waals surface area contributed by atoms with Gasteiger partial charge in [0, 0.05) is 42.3 Å². The van der Waals surface area contributed by atoms with Gasteiger partial charge in [-0.25, -0.2) is 0 Å². The minimum atomic E-state index is -4.58. The Hall–Kier alpha value is -1.78. The van der Waals surface area contributed by atoms with Gasteiger partial charge < -0.3 is 14.8 Å². The molecule has 1 heterocycles. The van der Waals surface area contributed by atoms with Gasteiger partial charge in [-0.2, -0.15) is 13.2 Å². The van der Waals surface area contributed by atoms with Gasteiger partial charge in [0.15, 0.2) is 4.90 Å². The van der Waals surface area contributed by atoms with Gasteiger partial charge >= 0.3 is 6.18 Å². The molecule has 0 radical (unpaired) electrons. The first-order valence-electron chi connectivity index (χ1n) is 12.0. The largest absolute Gasteiger partial charge is 0.611 e. The van der Waals surface area contributed by atoms with Crippen LogP contribution in [0.4, 0.5) is 13.2 Å². The molecule has 2 aromatic carbocycles. The minimum Gasteiger partial charge on any atom is -0.611 e. The number of nitrogens with zero attached hydrogens (tertiary/aromatic N) is 2. The van der Waals surface area contributed by atoms with E-state index >= 15 is 0 Å². The number of piperidine rings is 1. The molecule has 5 nitrogen and oxygen atoms in total. The number of likely N-dealkylation sites (tertiary alicyclic amines) is 1. The molecule has 2 aromatic rings. The van der Waals surface area contributed by atoms with Gasteiger partial charge in [0.05, 0.1) is 5.56 Å². The number of carbonyl (C=O) groups excluding carboxylic acids is 1. The molecule has 1 amide bonds. The summed E-state index contributed by atoms with van der Waals surface area (Å²) in [6, 6.07) is 8.64. The number of alkyl halides is 3. The Morgan fingerprint density at radius 3 is 2.64 bits per heavy atom. The van der Waals surface area contributed by atoms with Crippen molar-refractivity contribution in [3.05, 3.63) is 63.7 Å². The van der Waals surface area contributed by atoms with Crippen LogP contribution in [-0.2, 0) is 30.4 Å². The summed E-state index contributed by atoms with van der Waals surface area (Å²) in [6.07, 6.45) is -2.56. The van der Waals surface area contributed by atoms with E-state index in [4.69, 9.17) is 11.6 Å². The lowest BCUT2D eigenvalue weighted by molar-refractivity contribution is -0.138. The van der Waals surface area contributed by atoms with E-state index < -0.39 is 28.8 Å². The topological polar surface area (TPSA) is 58.6 Å². The number of rotatable bonds is 9. The van der Waals surface area contributed by atoms with Crippen molar-refractivity contribution in [2.45, 2.75) is 43.9 Å². The molecule has 0 bridgehead atoms. The van der Waals surface area contributed by atoms with Crippen molar-refractivity contribution in [2.75, 3.05) is 39.5 Å². The molecule has 36 heavy (non-hydrogen) atoms. The van der Waals surface area contributed by atoms with Crippen LogP contribution in [0.15, 0.2) is 41.3 Å². The molecule has 198 valence electrons. The first-order valence-corrected chi connectivity index (χ1v) is 13.7. The summed E-state index contributed by atoms with van der Waals surface area (Å²) in [7, 11) is 4.00. The molecule has 2 atom stereocenters. The maximum atomic E-state index is 14.0. The molecule has 1 aliphatic heterocycles. The lowest BCUT2D eigenvalue weighted by atomic mass is 9.96. The lowest BCUT2D eigenvalue weighted by Crippen LogP contribution is -2.39. The molecular weight excluding hydrogens is 511 g/mol. The Kier molecular flexibility index (Phi) is 10.1. The number of nitrogens with one attached hydrogen (secondary N) is 1. The van der Waals surface area contributed by atoms with Crippen molar-refractivity contribution in [3.8, 4) is 0 Å². The van der Waals surface area contributed by atoms with Crippen LogP contribution in [0.3, 0.4) is 0 Å². The van der Waals surface area contributed by atoms with Crippen LogP contribution >= 0.6 is 11.6 Å². The molecule has 1 N–H and O–H groups in total. The zero-order valence-electron chi connectivity index (χ0n) is 20.8. The summed E-state index contributed by atoms with van der Waals surface area (Å²) in [6.45, 7) is 4.38. The molecule has 1 aliphatic rings. The monoisotopic (exact) mass is 543 g/mol. The van der Waals surface area contributed by atoms with Gasteiger partial charge in [-0.15, -0.1) is 0 Å². The van der Waals surface area contributed by atoms with Gasteiger partial charge in [-0.1, -0.05) is 17.7 Å². The molecule has 10 heteroatoms. The highest BCUT2D eigenvalue weighted by molar-refractivity contribution is 7.91. The number of carbonyl (C=O) groups is 1. The van der Waals surface area contributed by atoms with Crippen LogP contribution in [0, 0.1) is 5.92 Å². The third kappa shape index (κ3) is 7.86. The molecular formula is C26H33ClF3N3O2S. The second-order valence-corrected chi connectivity index (χ2v) is 11.6. The second-order valence-electron chi connectivity index (χ2n) is 9.44. The standard InChI is InChI=1S/C26H33ClF3N3O2S/c1-4-36(35)24-10-9-22(27)12-21(24)14-31-25(34)19-7-8-20(23(13-19)26(28,29)30)17-33-11-5-6-18(16-33)15-32(2)3/h7-10,12-13,18H,4-6,11,14-17H2,1-3H3,(H,31,34)/t18-,36?/m0/s1. The average molecular weight is 544 g/mol. The fourth-order valence-electron chi connectivity index (χ4n) is 4.66. The molecule has 1 unspecified atom stereocenters. The molecule has 0 aliphatic carbocycles. The van der Waals surface area contributed by atoms with Gasteiger partial charge in [0.1, 0.15) is 5.75 Å². The summed E-state index contributed by atoms with van der Waals surface area (Å²) in [5.41, 5.74) is -0.128. The van der Waals surface area contributed by atoms with E-state index in [0.29, 0.717) is 27.2 Å². The van der Waals surface area contributed by atoms with Crippen molar-refractivity contribution in [1.82, 2.24) is 15.1 Å². The maximum absolute atomic E-state index is 14.0. The number of amides is 1. The molecule has 0 aromatic heterocycles. The summed E-state index contributed by atoms with van der Waals surface area (Å²) in [4.78, 5) is 17.5. The predicted molar refractivity (Wildman–Crippen MR) is 138 cm³/mol. The Morgan fingerprint density at radius 2 is 1.97 bits per heavy atom. The number of hydrogen-bond donors (Lipinski definition) is 1. The third-order valence-electron chi connectivity index (χ3n) is 6.27. The van der Waals surface area contributed by atoms with Gasteiger partial charge in [0.2, 0.25) is 0 Å². The smallest absolute Gasteiger partial charge is 0.416 e. The lowest BCUT2D eigenvalue weighted by Gasteiger charge is -2.34. The number of benzene rings is 2. The van der Waals surface area contributed by atoms with Crippen molar-refractivity contribution in [1.29, 1.82) is 0 Å². The van der Waals surface area contributed by atoms with Crippen molar-refractivity contribution >= 4 is 28.7 Å². The molecule has 0 spiro atoms. The third-order valence-corrected chi connectivity index (χ3v) is 7.92. The fourth-order valence-corrected chi connectivity index (χ4v) is 5.81. The van der Waals surface area contributed by atoms with E-state index in [-0.39, 0.29) is 24.2 Å². The van der Waals surface area contributed by atoms with E-state index in [0.717, 1.165) is 38.5 Å².